The molecular formula is C14H22S2. The molecule has 16 heavy (non-hydrogen) atoms. The van der Waals surface area contributed by atoms with E-state index in [1.807, 2.05) is 11.8 Å². The monoisotopic (exact) mass is 254 g/mol. The summed E-state index contributed by atoms with van der Waals surface area (Å²) in [4.78, 5) is 0. The molecular weight excluding hydrogens is 232 g/mol. The predicted molar refractivity (Wildman–Crippen MR) is 79.6 cm³/mol. The van der Waals surface area contributed by atoms with Gasteiger partial charge in [-0.1, -0.05) is 37.6 Å². The standard InChI is InChI=1S/C14H22S2/c1-3-6-13(9-15)10-16-11-14-8-5-4-7-12(14)2/h4-5,7-8,13,15H,3,6,9-11H2,1-2H3. The van der Waals surface area contributed by atoms with E-state index in [-0.39, 0.29) is 0 Å². The lowest BCUT2D eigenvalue weighted by Gasteiger charge is -2.13. The zero-order valence-corrected chi connectivity index (χ0v) is 12.0. The Morgan fingerprint density at radius 3 is 2.69 bits per heavy atom. The first-order chi connectivity index (χ1) is 7.77. The first-order valence-corrected chi connectivity index (χ1v) is 7.79. The van der Waals surface area contributed by atoms with E-state index >= 15 is 0 Å². The van der Waals surface area contributed by atoms with Crippen LogP contribution in [0.4, 0.5) is 0 Å². The highest BCUT2D eigenvalue weighted by Crippen LogP contribution is 2.21. The molecule has 0 nitrogen and oxygen atoms in total. The van der Waals surface area contributed by atoms with Crippen molar-refractivity contribution in [3.05, 3.63) is 35.4 Å². The van der Waals surface area contributed by atoms with Gasteiger partial charge in [0.25, 0.3) is 0 Å². The molecule has 0 aliphatic carbocycles. The van der Waals surface area contributed by atoms with Crippen molar-refractivity contribution in [2.45, 2.75) is 32.4 Å². The number of aryl methyl sites for hydroxylation is 1. The smallest absolute Gasteiger partial charge is 0.0187 e. The highest BCUT2D eigenvalue weighted by molar-refractivity contribution is 7.98. The lowest BCUT2D eigenvalue weighted by atomic mass is 10.1. The van der Waals surface area contributed by atoms with E-state index in [9.17, 15) is 0 Å². The molecule has 2 heteroatoms. The molecule has 0 fully saturated rings. The lowest BCUT2D eigenvalue weighted by Crippen LogP contribution is -2.05. The average molecular weight is 254 g/mol. The van der Waals surface area contributed by atoms with E-state index in [2.05, 4.69) is 50.7 Å². The van der Waals surface area contributed by atoms with Crippen LogP contribution < -0.4 is 0 Å². The SMILES string of the molecule is CCCC(CS)CSCc1ccccc1C. The molecule has 0 aromatic heterocycles. The van der Waals surface area contributed by atoms with E-state index < -0.39 is 0 Å². The van der Waals surface area contributed by atoms with Crippen LogP contribution in [0.5, 0.6) is 0 Å². The van der Waals surface area contributed by atoms with Crippen LogP contribution in [-0.2, 0) is 5.75 Å². The summed E-state index contributed by atoms with van der Waals surface area (Å²) in [5.41, 5.74) is 2.88. The van der Waals surface area contributed by atoms with E-state index in [1.165, 1.54) is 29.7 Å². The Hall–Kier alpha value is -0.0800. The maximum atomic E-state index is 4.42. The maximum Gasteiger partial charge on any atom is 0.0187 e. The van der Waals surface area contributed by atoms with Gasteiger partial charge in [-0.3, -0.25) is 0 Å². The summed E-state index contributed by atoms with van der Waals surface area (Å²) in [6, 6.07) is 8.66. The van der Waals surface area contributed by atoms with Crippen molar-refractivity contribution < 1.29 is 0 Å². The van der Waals surface area contributed by atoms with Crippen LogP contribution in [0.1, 0.15) is 30.9 Å². The number of hydrogen-bond donors (Lipinski definition) is 1. The largest absolute Gasteiger partial charge is 0.179 e. The number of rotatable bonds is 7. The molecule has 0 saturated heterocycles. The van der Waals surface area contributed by atoms with Crippen LogP contribution in [0, 0.1) is 12.8 Å². The van der Waals surface area contributed by atoms with Crippen LogP contribution in [-0.4, -0.2) is 11.5 Å². The second kappa shape index (κ2) is 8.08. The van der Waals surface area contributed by atoms with Crippen molar-refractivity contribution in [1.82, 2.24) is 0 Å². The van der Waals surface area contributed by atoms with Gasteiger partial charge in [-0.15, -0.1) is 0 Å². The summed E-state index contributed by atoms with van der Waals surface area (Å²) >= 11 is 6.46. The molecule has 0 radical (unpaired) electrons. The van der Waals surface area contributed by atoms with Gasteiger partial charge >= 0.3 is 0 Å². The highest BCUT2D eigenvalue weighted by Gasteiger charge is 2.06. The summed E-state index contributed by atoms with van der Waals surface area (Å²) in [5.74, 6) is 4.18. The third kappa shape index (κ3) is 4.84. The lowest BCUT2D eigenvalue weighted by molar-refractivity contribution is 0.595. The molecule has 1 atom stereocenters. The van der Waals surface area contributed by atoms with Gasteiger partial charge in [0.05, 0.1) is 0 Å². The quantitative estimate of drug-likeness (QED) is 0.695. The first-order valence-electron chi connectivity index (χ1n) is 6.01. The Balaban J connectivity index is 2.32. The van der Waals surface area contributed by atoms with Crippen molar-refractivity contribution in [1.29, 1.82) is 0 Å². The van der Waals surface area contributed by atoms with Gasteiger partial charge in [-0.2, -0.15) is 24.4 Å². The first kappa shape index (κ1) is 14.0. The molecule has 0 saturated carbocycles. The summed E-state index contributed by atoms with van der Waals surface area (Å²) in [6.07, 6.45) is 2.58. The molecule has 0 amide bonds. The van der Waals surface area contributed by atoms with Crippen LogP contribution in [0.25, 0.3) is 0 Å². The number of benzene rings is 1. The van der Waals surface area contributed by atoms with Gasteiger partial charge in [-0.05, 0) is 41.9 Å². The van der Waals surface area contributed by atoms with Crippen molar-refractivity contribution in [3.63, 3.8) is 0 Å². The van der Waals surface area contributed by atoms with Gasteiger partial charge in [0, 0.05) is 5.75 Å². The Morgan fingerprint density at radius 2 is 2.06 bits per heavy atom. The van der Waals surface area contributed by atoms with Gasteiger partial charge in [0.15, 0.2) is 0 Å². The number of thioether (sulfide) groups is 1. The zero-order valence-electron chi connectivity index (χ0n) is 10.3. The molecule has 90 valence electrons. The molecule has 0 spiro atoms. The molecule has 0 heterocycles. The number of thiol groups is 1. The second-order valence-corrected chi connectivity index (χ2v) is 5.67. The normalized spacial score (nSPS) is 12.7. The van der Waals surface area contributed by atoms with Crippen molar-refractivity contribution in [2.24, 2.45) is 5.92 Å². The van der Waals surface area contributed by atoms with Gasteiger partial charge in [-0.25, -0.2) is 0 Å². The summed E-state index contributed by atoms with van der Waals surface area (Å²) in [5, 5.41) is 0. The molecule has 1 aromatic carbocycles. The Kier molecular flexibility index (Phi) is 7.06. The predicted octanol–water partition coefficient (Wildman–Crippen LogP) is 4.57. The molecule has 0 N–H and O–H groups in total. The molecule has 1 aromatic rings. The van der Waals surface area contributed by atoms with E-state index in [4.69, 9.17) is 0 Å². The van der Waals surface area contributed by atoms with E-state index in [0.29, 0.717) is 0 Å². The van der Waals surface area contributed by atoms with Crippen molar-refractivity contribution >= 4 is 24.4 Å². The highest BCUT2D eigenvalue weighted by atomic mass is 32.2. The summed E-state index contributed by atoms with van der Waals surface area (Å²) < 4.78 is 0. The minimum atomic E-state index is 0.780. The fourth-order valence-corrected chi connectivity index (χ4v) is 3.51. The van der Waals surface area contributed by atoms with Crippen molar-refractivity contribution in [2.75, 3.05) is 11.5 Å². The number of hydrogen-bond acceptors (Lipinski definition) is 2. The van der Waals surface area contributed by atoms with E-state index in [1.54, 1.807) is 0 Å². The van der Waals surface area contributed by atoms with Gasteiger partial charge < -0.3 is 0 Å². The van der Waals surface area contributed by atoms with Crippen LogP contribution >= 0.6 is 24.4 Å². The Morgan fingerprint density at radius 1 is 1.31 bits per heavy atom. The Labute approximate surface area is 110 Å². The molecule has 0 aliphatic rings. The average Bonchev–Trinajstić information content (AvgIpc) is 2.30. The molecule has 0 aliphatic heterocycles. The van der Waals surface area contributed by atoms with Gasteiger partial charge in [0.1, 0.15) is 0 Å². The molecule has 1 rings (SSSR count). The summed E-state index contributed by atoms with van der Waals surface area (Å²) in [6.45, 7) is 4.44. The van der Waals surface area contributed by atoms with Crippen LogP contribution in [0.2, 0.25) is 0 Å². The van der Waals surface area contributed by atoms with E-state index in [0.717, 1.165) is 17.4 Å². The third-order valence-corrected chi connectivity index (χ3v) is 4.57. The molecule has 0 bridgehead atoms. The topological polar surface area (TPSA) is 0 Å². The minimum absolute atomic E-state index is 0.780. The second-order valence-electron chi connectivity index (χ2n) is 4.28. The van der Waals surface area contributed by atoms with Gasteiger partial charge in [0.2, 0.25) is 0 Å². The van der Waals surface area contributed by atoms with Crippen LogP contribution in [0.15, 0.2) is 24.3 Å². The maximum absolute atomic E-state index is 4.42. The minimum Gasteiger partial charge on any atom is -0.179 e. The molecule has 1 unspecified atom stereocenters. The third-order valence-electron chi connectivity index (χ3n) is 2.83. The van der Waals surface area contributed by atoms with Crippen molar-refractivity contribution in [3.8, 4) is 0 Å². The fraction of sp³-hybridized carbons (Fsp3) is 0.571. The fourth-order valence-electron chi connectivity index (χ4n) is 1.74. The van der Waals surface area contributed by atoms with Crippen LogP contribution in [0.3, 0.4) is 0 Å². The zero-order chi connectivity index (χ0) is 11.8. The summed E-state index contributed by atoms with van der Waals surface area (Å²) in [7, 11) is 0. The Bertz CT molecular complexity index is 297.